The zero-order valence-electron chi connectivity index (χ0n) is 12.1. The molecule has 0 spiro atoms. The van der Waals surface area contributed by atoms with E-state index in [1.807, 2.05) is 24.3 Å². The van der Waals surface area contributed by atoms with Gasteiger partial charge >= 0.3 is 0 Å². The van der Waals surface area contributed by atoms with Crippen molar-refractivity contribution in [2.24, 2.45) is 0 Å². The number of hydrogen-bond acceptors (Lipinski definition) is 1. The van der Waals surface area contributed by atoms with Gasteiger partial charge in [0.1, 0.15) is 5.75 Å². The van der Waals surface area contributed by atoms with Gasteiger partial charge in [0.2, 0.25) is 0 Å². The molecule has 0 aliphatic heterocycles. The summed E-state index contributed by atoms with van der Waals surface area (Å²) in [6, 6.07) is 6.15. The number of methoxy groups -OCH3 is 1. The van der Waals surface area contributed by atoms with Crippen LogP contribution in [0.3, 0.4) is 0 Å². The Morgan fingerprint density at radius 3 is 2.37 bits per heavy atom. The van der Waals surface area contributed by atoms with Gasteiger partial charge in [-0.3, -0.25) is 0 Å². The van der Waals surface area contributed by atoms with Crippen molar-refractivity contribution in [2.45, 2.75) is 19.3 Å². The molecule has 1 aromatic carbocycles. The first-order valence-electron chi connectivity index (χ1n) is 6.27. The van der Waals surface area contributed by atoms with E-state index in [1.54, 1.807) is 13.2 Å². The summed E-state index contributed by atoms with van der Waals surface area (Å²) in [5.74, 6) is 0.836. The maximum atomic E-state index is 5.32. The molecule has 0 saturated carbocycles. The lowest BCUT2D eigenvalue weighted by Crippen LogP contribution is -2.19. The first-order valence-corrected chi connectivity index (χ1v) is 6.27. The molecule has 0 N–H and O–H groups in total. The van der Waals surface area contributed by atoms with Gasteiger partial charge in [-0.25, -0.2) is 0 Å². The number of rotatable bonds is 6. The SMILES string of the molecule is C=C/C=C(\C=C)C(C)(C)c1ccc(OC)c(C=C)c1. The molecule has 0 fully saturated rings. The summed E-state index contributed by atoms with van der Waals surface area (Å²) in [4.78, 5) is 0. The zero-order valence-corrected chi connectivity index (χ0v) is 12.1. The van der Waals surface area contributed by atoms with E-state index in [1.165, 1.54) is 5.56 Å². The van der Waals surface area contributed by atoms with E-state index >= 15 is 0 Å². The van der Waals surface area contributed by atoms with E-state index in [2.05, 4.69) is 45.7 Å². The summed E-state index contributed by atoms with van der Waals surface area (Å²) in [6.45, 7) is 15.8. The lowest BCUT2D eigenvalue weighted by atomic mass is 9.77. The third-order valence-electron chi connectivity index (χ3n) is 3.41. The van der Waals surface area contributed by atoms with Crippen LogP contribution in [0, 0.1) is 0 Å². The maximum Gasteiger partial charge on any atom is 0.126 e. The molecular formula is C18H22O. The lowest BCUT2D eigenvalue weighted by Gasteiger charge is -2.27. The second-order valence-corrected chi connectivity index (χ2v) is 4.85. The van der Waals surface area contributed by atoms with Gasteiger partial charge in [0.05, 0.1) is 7.11 Å². The molecule has 1 nitrogen and oxygen atoms in total. The van der Waals surface area contributed by atoms with Crippen molar-refractivity contribution in [1.29, 1.82) is 0 Å². The molecule has 0 aliphatic carbocycles. The van der Waals surface area contributed by atoms with Crippen molar-refractivity contribution in [2.75, 3.05) is 7.11 Å². The van der Waals surface area contributed by atoms with E-state index in [0.717, 1.165) is 16.9 Å². The lowest BCUT2D eigenvalue weighted by molar-refractivity contribution is 0.413. The van der Waals surface area contributed by atoms with Gasteiger partial charge in [-0.2, -0.15) is 0 Å². The average Bonchev–Trinajstić information content (AvgIpc) is 2.43. The fraction of sp³-hybridized carbons (Fsp3) is 0.222. The van der Waals surface area contributed by atoms with Crippen molar-refractivity contribution in [3.63, 3.8) is 0 Å². The Morgan fingerprint density at radius 2 is 1.89 bits per heavy atom. The molecule has 0 aliphatic rings. The molecule has 0 atom stereocenters. The summed E-state index contributed by atoms with van der Waals surface area (Å²) in [7, 11) is 1.67. The monoisotopic (exact) mass is 254 g/mol. The minimum Gasteiger partial charge on any atom is -0.496 e. The van der Waals surface area contributed by atoms with Gasteiger partial charge in [0.15, 0.2) is 0 Å². The van der Waals surface area contributed by atoms with Gasteiger partial charge < -0.3 is 4.74 Å². The van der Waals surface area contributed by atoms with Crippen LogP contribution >= 0.6 is 0 Å². The Kier molecular flexibility index (Phi) is 4.94. The molecule has 0 aromatic heterocycles. The van der Waals surface area contributed by atoms with Gasteiger partial charge in [0, 0.05) is 11.0 Å². The average molecular weight is 254 g/mol. The van der Waals surface area contributed by atoms with Crippen LogP contribution in [-0.2, 0) is 5.41 Å². The second kappa shape index (κ2) is 6.24. The Balaban J connectivity index is 3.36. The molecule has 1 heteroatoms. The van der Waals surface area contributed by atoms with Crippen molar-refractivity contribution >= 4 is 6.08 Å². The molecule has 19 heavy (non-hydrogen) atoms. The Hall–Kier alpha value is -2.02. The van der Waals surface area contributed by atoms with Gasteiger partial charge in [-0.15, -0.1) is 0 Å². The highest BCUT2D eigenvalue weighted by atomic mass is 16.5. The molecule has 0 unspecified atom stereocenters. The van der Waals surface area contributed by atoms with Crippen LogP contribution in [0.5, 0.6) is 5.75 Å². The van der Waals surface area contributed by atoms with Gasteiger partial charge in [-0.1, -0.05) is 64.0 Å². The van der Waals surface area contributed by atoms with Crippen LogP contribution < -0.4 is 4.74 Å². The normalized spacial score (nSPS) is 11.8. The first-order chi connectivity index (χ1) is 9.01. The van der Waals surface area contributed by atoms with Crippen LogP contribution in [0.15, 0.2) is 61.7 Å². The van der Waals surface area contributed by atoms with Crippen LogP contribution in [0.1, 0.15) is 25.0 Å². The van der Waals surface area contributed by atoms with Crippen LogP contribution in [0.25, 0.3) is 6.08 Å². The molecule has 0 bridgehead atoms. The molecular weight excluding hydrogens is 232 g/mol. The molecule has 1 rings (SSSR count). The largest absolute Gasteiger partial charge is 0.496 e. The third-order valence-corrected chi connectivity index (χ3v) is 3.41. The second-order valence-electron chi connectivity index (χ2n) is 4.85. The molecule has 100 valence electrons. The molecule has 0 amide bonds. The smallest absolute Gasteiger partial charge is 0.126 e. The van der Waals surface area contributed by atoms with Crippen molar-refractivity contribution < 1.29 is 4.74 Å². The number of hydrogen-bond donors (Lipinski definition) is 0. The summed E-state index contributed by atoms with van der Waals surface area (Å²) >= 11 is 0. The number of allylic oxidation sites excluding steroid dienone is 4. The van der Waals surface area contributed by atoms with Crippen molar-refractivity contribution in [3.8, 4) is 5.75 Å². The van der Waals surface area contributed by atoms with E-state index in [-0.39, 0.29) is 5.41 Å². The zero-order chi connectivity index (χ0) is 14.5. The summed E-state index contributed by atoms with van der Waals surface area (Å²) in [6.07, 6.45) is 7.46. The first kappa shape index (κ1) is 15.0. The van der Waals surface area contributed by atoms with Crippen LogP contribution in [0.4, 0.5) is 0 Å². The summed E-state index contributed by atoms with van der Waals surface area (Å²) in [5, 5.41) is 0. The highest BCUT2D eigenvalue weighted by Crippen LogP contribution is 2.34. The highest BCUT2D eigenvalue weighted by Gasteiger charge is 2.24. The number of ether oxygens (including phenoxy) is 1. The van der Waals surface area contributed by atoms with Crippen molar-refractivity contribution in [3.05, 3.63) is 72.9 Å². The third kappa shape index (κ3) is 3.05. The minimum absolute atomic E-state index is 0.139. The van der Waals surface area contributed by atoms with E-state index in [0.29, 0.717) is 0 Å². The van der Waals surface area contributed by atoms with E-state index < -0.39 is 0 Å². The molecule has 0 radical (unpaired) electrons. The Labute approximate surface area is 116 Å². The molecule has 0 saturated heterocycles. The maximum absolute atomic E-state index is 5.32. The van der Waals surface area contributed by atoms with E-state index in [9.17, 15) is 0 Å². The fourth-order valence-corrected chi connectivity index (χ4v) is 2.11. The Morgan fingerprint density at radius 1 is 1.21 bits per heavy atom. The highest BCUT2D eigenvalue weighted by molar-refractivity contribution is 5.58. The summed E-state index contributed by atoms with van der Waals surface area (Å²) < 4.78 is 5.32. The van der Waals surface area contributed by atoms with Gasteiger partial charge in [0.25, 0.3) is 0 Å². The quantitative estimate of drug-likeness (QED) is 0.655. The predicted molar refractivity (Wildman–Crippen MR) is 84.6 cm³/mol. The molecule has 1 aromatic rings. The minimum atomic E-state index is -0.139. The predicted octanol–water partition coefficient (Wildman–Crippen LogP) is 4.91. The van der Waals surface area contributed by atoms with Gasteiger partial charge in [-0.05, 0) is 23.3 Å². The molecule has 0 heterocycles. The summed E-state index contributed by atoms with van der Waals surface area (Å²) in [5.41, 5.74) is 3.17. The van der Waals surface area contributed by atoms with Crippen LogP contribution in [-0.4, -0.2) is 7.11 Å². The van der Waals surface area contributed by atoms with E-state index in [4.69, 9.17) is 4.74 Å². The fourth-order valence-electron chi connectivity index (χ4n) is 2.11. The standard InChI is InChI=1S/C18H22O/c1-7-10-15(9-3)18(4,5)16-11-12-17(19-6)14(8-2)13-16/h7-13H,1-3H2,4-6H3/b15-10+. The topological polar surface area (TPSA) is 9.23 Å². The number of benzene rings is 1. The van der Waals surface area contributed by atoms with Crippen molar-refractivity contribution in [1.82, 2.24) is 0 Å². The Bertz CT molecular complexity index is 518. The van der Waals surface area contributed by atoms with Crippen LogP contribution in [0.2, 0.25) is 0 Å².